The van der Waals surface area contributed by atoms with Crippen molar-refractivity contribution in [3.05, 3.63) is 40.1 Å². The second-order valence-electron chi connectivity index (χ2n) is 3.82. The Morgan fingerprint density at radius 2 is 2.00 bits per heavy atom. The highest BCUT2D eigenvalue weighted by Crippen LogP contribution is 2.32. The van der Waals surface area contributed by atoms with Crippen molar-refractivity contribution in [3.63, 3.8) is 0 Å². The van der Waals surface area contributed by atoms with Crippen molar-refractivity contribution in [1.82, 2.24) is 9.97 Å². The summed E-state index contributed by atoms with van der Waals surface area (Å²) < 4.78 is 6.39. The van der Waals surface area contributed by atoms with Gasteiger partial charge < -0.3 is 10.1 Å². The molecule has 100 valence electrons. The quantitative estimate of drug-likeness (QED) is 0.868. The summed E-state index contributed by atoms with van der Waals surface area (Å²) in [6.07, 6.45) is 2.48. The summed E-state index contributed by atoms with van der Waals surface area (Å²) in [6, 6.07) is 7.11. The zero-order valence-corrected chi connectivity index (χ0v) is 12.7. The molecule has 0 aliphatic heterocycles. The summed E-state index contributed by atoms with van der Waals surface area (Å²) in [4.78, 5) is 8.27. The summed E-state index contributed by atoms with van der Waals surface area (Å²) in [7, 11) is 0. The van der Waals surface area contributed by atoms with Crippen molar-refractivity contribution in [2.24, 2.45) is 0 Å². The monoisotopic (exact) mass is 341 g/mol. The molecule has 0 bridgehead atoms. The third kappa shape index (κ3) is 3.81. The van der Waals surface area contributed by atoms with Gasteiger partial charge in [-0.3, -0.25) is 0 Å². The molecule has 0 unspecified atom stereocenters. The maximum absolute atomic E-state index is 5.83. The van der Waals surface area contributed by atoms with Crippen LogP contribution in [0.2, 0.25) is 5.02 Å². The van der Waals surface area contributed by atoms with Gasteiger partial charge in [0.2, 0.25) is 5.88 Å². The lowest BCUT2D eigenvalue weighted by atomic mass is 10.3. The fraction of sp³-hybridized carbons (Fsp3) is 0.231. The van der Waals surface area contributed by atoms with Gasteiger partial charge >= 0.3 is 0 Å². The van der Waals surface area contributed by atoms with Crippen LogP contribution < -0.4 is 10.1 Å². The van der Waals surface area contributed by atoms with E-state index in [9.17, 15) is 0 Å². The molecule has 0 amide bonds. The van der Waals surface area contributed by atoms with Crippen molar-refractivity contribution < 1.29 is 4.74 Å². The fourth-order valence-electron chi connectivity index (χ4n) is 1.41. The third-order valence-electron chi connectivity index (χ3n) is 2.33. The first kappa shape index (κ1) is 14.1. The summed E-state index contributed by atoms with van der Waals surface area (Å²) in [5, 5.41) is 3.86. The molecule has 0 aliphatic rings. The smallest absolute Gasteiger partial charge is 0.238 e. The molecule has 0 saturated heterocycles. The van der Waals surface area contributed by atoms with Crippen molar-refractivity contribution in [2.75, 3.05) is 11.9 Å². The van der Waals surface area contributed by atoms with Crippen LogP contribution in [-0.4, -0.2) is 16.5 Å². The Morgan fingerprint density at radius 3 is 2.68 bits per heavy atom. The summed E-state index contributed by atoms with van der Waals surface area (Å²) in [5.41, 5.74) is 0. The number of aromatic nitrogens is 2. The lowest BCUT2D eigenvalue weighted by Gasteiger charge is -2.10. The molecule has 1 aromatic heterocycles. The Balaban J connectivity index is 2.18. The number of hydrogen-bond acceptors (Lipinski definition) is 4. The summed E-state index contributed by atoms with van der Waals surface area (Å²) >= 11 is 9.27. The minimum atomic E-state index is 0.468. The van der Waals surface area contributed by atoms with E-state index in [1.807, 2.05) is 0 Å². The molecule has 4 nitrogen and oxygen atoms in total. The average molecular weight is 343 g/mol. The van der Waals surface area contributed by atoms with Crippen LogP contribution in [0.25, 0.3) is 0 Å². The Labute approximate surface area is 125 Å². The number of benzene rings is 1. The molecule has 0 atom stereocenters. The molecule has 0 saturated carbocycles. The zero-order chi connectivity index (χ0) is 13.7. The van der Waals surface area contributed by atoms with Crippen molar-refractivity contribution in [3.8, 4) is 11.6 Å². The minimum Gasteiger partial charge on any atom is -0.438 e. The SMILES string of the molecule is CCCNc1ncnc(Oc2ccc(Cl)cc2)c1Br. The first-order valence-electron chi connectivity index (χ1n) is 5.88. The molecule has 2 rings (SSSR count). The van der Waals surface area contributed by atoms with Gasteiger partial charge in [0.1, 0.15) is 22.4 Å². The average Bonchev–Trinajstić information content (AvgIpc) is 2.42. The van der Waals surface area contributed by atoms with E-state index < -0.39 is 0 Å². The molecule has 0 fully saturated rings. The molecule has 19 heavy (non-hydrogen) atoms. The van der Waals surface area contributed by atoms with Crippen molar-refractivity contribution in [2.45, 2.75) is 13.3 Å². The van der Waals surface area contributed by atoms with E-state index in [0.29, 0.717) is 21.1 Å². The maximum atomic E-state index is 5.83. The van der Waals surface area contributed by atoms with Crippen LogP contribution in [-0.2, 0) is 0 Å². The van der Waals surface area contributed by atoms with Crippen LogP contribution >= 0.6 is 27.5 Å². The van der Waals surface area contributed by atoms with Crippen LogP contribution in [0.3, 0.4) is 0 Å². The second-order valence-corrected chi connectivity index (χ2v) is 5.05. The lowest BCUT2D eigenvalue weighted by Crippen LogP contribution is -2.04. The highest BCUT2D eigenvalue weighted by Gasteiger charge is 2.10. The van der Waals surface area contributed by atoms with Gasteiger partial charge in [-0.1, -0.05) is 18.5 Å². The molecule has 6 heteroatoms. The number of rotatable bonds is 5. The number of hydrogen-bond donors (Lipinski definition) is 1. The zero-order valence-electron chi connectivity index (χ0n) is 10.4. The van der Waals surface area contributed by atoms with Gasteiger partial charge in [-0.05, 0) is 46.6 Å². The fourth-order valence-corrected chi connectivity index (χ4v) is 1.96. The number of ether oxygens (including phenoxy) is 1. The van der Waals surface area contributed by atoms with Gasteiger partial charge in [0.05, 0.1) is 0 Å². The van der Waals surface area contributed by atoms with Gasteiger partial charge in [-0.2, -0.15) is 0 Å². The molecule has 1 N–H and O–H groups in total. The number of anilines is 1. The standard InChI is InChI=1S/C13H13BrClN3O/c1-2-7-16-12-11(14)13(18-8-17-12)19-10-5-3-9(15)4-6-10/h3-6,8H,2,7H2,1H3,(H,16,17,18). The molecule has 2 aromatic rings. The minimum absolute atomic E-state index is 0.468. The van der Waals surface area contributed by atoms with E-state index in [4.69, 9.17) is 16.3 Å². The van der Waals surface area contributed by atoms with Crippen molar-refractivity contribution >= 4 is 33.3 Å². The van der Waals surface area contributed by atoms with Crippen molar-refractivity contribution in [1.29, 1.82) is 0 Å². The Hall–Kier alpha value is -1.33. The van der Waals surface area contributed by atoms with Crippen LogP contribution in [0.5, 0.6) is 11.6 Å². The first-order valence-corrected chi connectivity index (χ1v) is 7.05. The van der Waals surface area contributed by atoms with E-state index in [-0.39, 0.29) is 0 Å². The van der Waals surface area contributed by atoms with Gasteiger partial charge in [0.25, 0.3) is 0 Å². The van der Waals surface area contributed by atoms with Crippen LogP contribution in [0, 0.1) is 0 Å². The lowest BCUT2D eigenvalue weighted by molar-refractivity contribution is 0.458. The van der Waals surface area contributed by atoms with Gasteiger partial charge in [-0.25, -0.2) is 9.97 Å². The van der Waals surface area contributed by atoms with E-state index in [1.54, 1.807) is 24.3 Å². The highest BCUT2D eigenvalue weighted by molar-refractivity contribution is 9.10. The van der Waals surface area contributed by atoms with E-state index in [0.717, 1.165) is 18.8 Å². The van der Waals surface area contributed by atoms with Gasteiger partial charge in [0.15, 0.2) is 0 Å². The molecular formula is C13H13BrClN3O. The molecule has 0 radical (unpaired) electrons. The van der Waals surface area contributed by atoms with Gasteiger partial charge in [0, 0.05) is 11.6 Å². The molecule has 1 aromatic carbocycles. The first-order chi connectivity index (χ1) is 9.20. The Morgan fingerprint density at radius 1 is 1.26 bits per heavy atom. The van der Waals surface area contributed by atoms with Crippen LogP contribution in [0.1, 0.15) is 13.3 Å². The van der Waals surface area contributed by atoms with Crippen LogP contribution in [0.4, 0.5) is 5.82 Å². The van der Waals surface area contributed by atoms with E-state index in [1.165, 1.54) is 6.33 Å². The Bertz CT molecular complexity index is 548. The van der Waals surface area contributed by atoms with E-state index >= 15 is 0 Å². The predicted octanol–water partition coefficient (Wildman–Crippen LogP) is 4.51. The third-order valence-corrected chi connectivity index (χ3v) is 3.29. The molecule has 0 spiro atoms. The maximum Gasteiger partial charge on any atom is 0.238 e. The normalized spacial score (nSPS) is 10.3. The largest absolute Gasteiger partial charge is 0.438 e. The summed E-state index contributed by atoms with van der Waals surface area (Å²) in [5.74, 6) is 1.86. The topological polar surface area (TPSA) is 47.0 Å². The number of nitrogens with zero attached hydrogens (tertiary/aromatic N) is 2. The van der Waals surface area contributed by atoms with Crippen LogP contribution in [0.15, 0.2) is 35.1 Å². The molecular weight excluding hydrogens is 330 g/mol. The molecule has 1 heterocycles. The molecule has 0 aliphatic carbocycles. The van der Waals surface area contributed by atoms with Gasteiger partial charge in [-0.15, -0.1) is 0 Å². The predicted molar refractivity (Wildman–Crippen MR) is 80.0 cm³/mol. The number of nitrogens with one attached hydrogen (secondary N) is 1. The highest BCUT2D eigenvalue weighted by atomic mass is 79.9. The van der Waals surface area contributed by atoms with E-state index in [2.05, 4.69) is 38.1 Å². The second kappa shape index (κ2) is 6.73. The Kier molecular flexibility index (Phi) is 4.99. The number of halogens is 2. The summed E-state index contributed by atoms with van der Waals surface area (Å²) in [6.45, 7) is 2.93.